The third-order valence-corrected chi connectivity index (χ3v) is 3.46. The van der Waals surface area contributed by atoms with Gasteiger partial charge in [0.05, 0.1) is 7.11 Å². The quantitative estimate of drug-likeness (QED) is 0.889. The third kappa shape index (κ3) is 3.36. The highest BCUT2D eigenvalue weighted by molar-refractivity contribution is 5.36. The number of rotatable bonds is 5. The Balaban J connectivity index is 2.24. The molecule has 2 aromatic carbocycles. The molecule has 0 heterocycles. The van der Waals surface area contributed by atoms with Crippen molar-refractivity contribution in [1.82, 2.24) is 0 Å². The molecule has 0 aliphatic carbocycles. The molecule has 100 valence electrons. The molecule has 0 aliphatic rings. The molecule has 2 N–H and O–H groups in total. The number of ether oxygens (including phenoxy) is 1. The fourth-order valence-electron chi connectivity index (χ4n) is 2.40. The minimum absolute atomic E-state index is 0.330. The normalized spacial score (nSPS) is 12.2. The highest BCUT2D eigenvalue weighted by atomic mass is 16.5. The molecule has 2 rings (SSSR count). The molecule has 1 unspecified atom stereocenters. The van der Waals surface area contributed by atoms with Crippen LogP contribution >= 0.6 is 0 Å². The van der Waals surface area contributed by atoms with Gasteiger partial charge in [0.1, 0.15) is 5.75 Å². The highest BCUT2D eigenvalue weighted by Crippen LogP contribution is 2.26. The van der Waals surface area contributed by atoms with Crippen molar-refractivity contribution in [2.75, 3.05) is 13.7 Å². The van der Waals surface area contributed by atoms with Crippen LogP contribution in [0.2, 0.25) is 0 Å². The Hall–Kier alpha value is -1.80. The Kier molecular flexibility index (Phi) is 4.58. The van der Waals surface area contributed by atoms with E-state index in [9.17, 15) is 0 Å². The van der Waals surface area contributed by atoms with Gasteiger partial charge in [0, 0.05) is 5.92 Å². The van der Waals surface area contributed by atoms with E-state index >= 15 is 0 Å². The summed E-state index contributed by atoms with van der Waals surface area (Å²) in [6, 6.07) is 16.7. The number of methoxy groups -OCH3 is 1. The van der Waals surface area contributed by atoms with Gasteiger partial charge in [0.2, 0.25) is 0 Å². The SMILES string of the molecule is COc1ccccc1CC(CN)c1cccc(C)c1. The first-order chi connectivity index (χ1) is 9.24. The summed E-state index contributed by atoms with van der Waals surface area (Å²) in [5.41, 5.74) is 9.74. The van der Waals surface area contributed by atoms with Crippen LogP contribution in [0.4, 0.5) is 0 Å². The number of hydrogen-bond donors (Lipinski definition) is 1. The molecule has 19 heavy (non-hydrogen) atoms. The van der Waals surface area contributed by atoms with Crippen molar-refractivity contribution in [3.63, 3.8) is 0 Å². The lowest BCUT2D eigenvalue weighted by Gasteiger charge is -2.17. The van der Waals surface area contributed by atoms with Crippen LogP contribution in [-0.4, -0.2) is 13.7 Å². The highest BCUT2D eigenvalue weighted by Gasteiger charge is 2.13. The van der Waals surface area contributed by atoms with Crippen LogP contribution in [-0.2, 0) is 6.42 Å². The Labute approximate surface area is 115 Å². The number of benzene rings is 2. The minimum Gasteiger partial charge on any atom is -0.496 e. The second kappa shape index (κ2) is 6.39. The topological polar surface area (TPSA) is 35.2 Å². The average molecular weight is 255 g/mol. The van der Waals surface area contributed by atoms with Crippen molar-refractivity contribution < 1.29 is 4.74 Å². The van der Waals surface area contributed by atoms with Gasteiger partial charge in [-0.2, -0.15) is 0 Å². The average Bonchev–Trinajstić information content (AvgIpc) is 2.45. The van der Waals surface area contributed by atoms with Gasteiger partial charge in [-0.1, -0.05) is 48.0 Å². The summed E-state index contributed by atoms with van der Waals surface area (Å²) < 4.78 is 5.41. The number of hydrogen-bond acceptors (Lipinski definition) is 2. The first-order valence-corrected chi connectivity index (χ1v) is 6.63. The number of para-hydroxylation sites is 1. The van der Waals surface area contributed by atoms with Crippen LogP contribution in [0.25, 0.3) is 0 Å². The third-order valence-electron chi connectivity index (χ3n) is 3.46. The summed E-state index contributed by atoms with van der Waals surface area (Å²) in [5, 5.41) is 0. The zero-order valence-electron chi connectivity index (χ0n) is 11.6. The fraction of sp³-hybridized carbons (Fsp3) is 0.294. The van der Waals surface area contributed by atoms with E-state index in [-0.39, 0.29) is 0 Å². The summed E-state index contributed by atoms with van der Waals surface area (Å²) in [4.78, 5) is 0. The zero-order chi connectivity index (χ0) is 13.7. The van der Waals surface area contributed by atoms with Gasteiger partial charge in [-0.05, 0) is 37.1 Å². The van der Waals surface area contributed by atoms with E-state index in [1.165, 1.54) is 16.7 Å². The Bertz CT molecular complexity index is 536. The van der Waals surface area contributed by atoms with Crippen molar-refractivity contribution in [3.8, 4) is 5.75 Å². The molecule has 0 aromatic heterocycles. The van der Waals surface area contributed by atoms with Crippen LogP contribution in [0.5, 0.6) is 5.75 Å². The lowest BCUT2D eigenvalue weighted by Crippen LogP contribution is -2.15. The molecule has 0 saturated carbocycles. The minimum atomic E-state index is 0.330. The van der Waals surface area contributed by atoms with Crippen LogP contribution in [0.3, 0.4) is 0 Å². The van der Waals surface area contributed by atoms with Gasteiger partial charge in [0.25, 0.3) is 0 Å². The number of aryl methyl sites for hydroxylation is 1. The van der Waals surface area contributed by atoms with Crippen molar-refractivity contribution in [2.24, 2.45) is 5.73 Å². The van der Waals surface area contributed by atoms with Gasteiger partial charge >= 0.3 is 0 Å². The predicted octanol–water partition coefficient (Wildman–Crippen LogP) is 3.29. The Morgan fingerprint density at radius 3 is 2.58 bits per heavy atom. The maximum Gasteiger partial charge on any atom is 0.122 e. The molecular formula is C17H21NO. The van der Waals surface area contributed by atoms with E-state index in [0.717, 1.165) is 12.2 Å². The van der Waals surface area contributed by atoms with Crippen molar-refractivity contribution in [2.45, 2.75) is 19.3 Å². The van der Waals surface area contributed by atoms with Crippen molar-refractivity contribution in [1.29, 1.82) is 0 Å². The van der Waals surface area contributed by atoms with Crippen LogP contribution in [0, 0.1) is 6.92 Å². The fourth-order valence-corrected chi connectivity index (χ4v) is 2.40. The van der Waals surface area contributed by atoms with Gasteiger partial charge in [-0.25, -0.2) is 0 Å². The van der Waals surface area contributed by atoms with Crippen LogP contribution < -0.4 is 10.5 Å². The van der Waals surface area contributed by atoms with E-state index < -0.39 is 0 Å². The van der Waals surface area contributed by atoms with E-state index in [2.05, 4.69) is 37.3 Å². The number of nitrogens with two attached hydrogens (primary N) is 1. The Morgan fingerprint density at radius 2 is 1.89 bits per heavy atom. The molecular weight excluding hydrogens is 234 g/mol. The molecule has 2 nitrogen and oxygen atoms in total. The summed E-state index contributed by atoms with van der Waals surface area (Å²) in [6.45, 7) is 2.75. The summed E-state index contributed by atoms with van der Waals surface area (Å²) in [5.74, 6) is 1.27. The second-order valence-corrected chi connectivity index (χ2v) is 4.86. The molecule has 0 spiro atoms. The molecule has 0 bridgehead atoms. The zero-order valence-corrected chi connectivity index (χ0v) is 11.6. The first-order valence-electron chi connectivity index (χ1n) is 6.63. The smallest absolute Gasteiger partial charge is 0.122 e. The molecule has 0 radical (unpaired) electrons. The lowest BCUT2D eigenvalue weighted by atomic mass is 9.91. The molecule has 2 heteroatoms. The summed E-state index contributed by atoms with van der Waals surface area (Å²) in [6.07, 6.45) is 0.907. The lowest BCUT2D eigenvalue weighted by molar-refractivity contribution is 0.408. The molecule has 0 amide bonds. The van der Waals surface area contributed by atoms with Gasteiger partial charge < -0.3 is 10.5 Å². The van der Waals surface area contributed by atoms with E-state index in [1.807, 2.05) is 18.2 Å². The standard InChI is InChI=1S/C17H21NO/c1-13-6-5-8-14(10-13)16(12-18)11-15-7-3-4-9-17(15)19-2/h3-10,16H,11-12,18H2,1-2H3. The summed E-state index contributed by atoms with van der Waals surface area (Å²) in [7, 11) is 1.71. The predicted molar refractivity (Wildman–Crippen MR) is 79.7 cm³/mol. The van der Waals surface area contributed by atoms with Gasteiger partial charge in [-0.3, -0.25) is 0 Å². The largest absolute Gasteiger partial charge is 0.496 e. The van der Waals surface area contributed by atoms with Crippen LogP contribution in [0.15, 0.2) is 48.5 Å². The Morgan fingerprint density at radius 1 is 1.11 bits per heavy atom. The van der Waals surface area contributed by atoms with E-state index in [4.69, 9.17) is 10.5 Å². The maximum atomic E-state index is 5.95. The van der Waals surface area contributed by atoms with Gasteiger partial charge in [-0.15, -0.1) is 0 Å². The molecule has 0 saturated heterocycles. The van der Waals surface area contributed by atoms with Crippen molar-refractivity contribution in [3.05, 3.63) is 65.2 Å². The molecule has 2 aromatic rings. The monoisotopic (exact) mass is 255 g/mol. The maximum absolute atomic E-state index is 5.95. The van der Waals surface area contributed by atoms with E-state index in [0.29, 0.717) is 12.5 Å². The van der Waals surface area contributed by atoms with E-state index in [1.54, 1.807) is 7.11 Å². The van der Waals surface area contributed by atoms with Crippen LogP contribution in [0.1, 0.15) is 22.6 Å². The summed E-state index contributed by atoms with van der Waals surface area (Å²) >= 11 is 0. The molecule has 0 fully saturated rings. The first kappa shape index (κ1) is 13.6. The molecule has 1 atom stereocenters. The van der Waals surface area contributed by atoms with Gasteiger partial charge in [0.15, 0.2) is 0 Å². The second-order valence-electron chi connectivity index (χ2n) is 4.86. The van der Waals surface area contributed by atoms with Crippen molar-refractivity contribution >= 4 is 0 Å². The molecule has 0 aliphatic heterocycles.